The van der Waals surface area contributed by atoms with Crippen LogP contribution >= 0.6 is 23.2 Å². The highest BCUT2D eigenvalue weighted by molar-refractivity contribution is 6.31. The minimum atomic E-state index is -0.165. The second-order valence-electron chi connectivity index (χ2n) is 7.59. The van der Waals surface area contributed by atoms with Gasteiger partial charge in [0.15, 0.2) is 0 Å². The van der Waals surface area contributed by atoms with Crippen LogP contribution in [0.4, 0.5) is 11.4 Å². The van der Waals surface area contributed by atoms with Crippen LogP contribution in [0.2, 0.25) is 10.0 Å². The SMILES string of the molecule is O=C(Nc1ccc(Cl)cc1N1CCN(C/C=C/c2ccc(Cl)cc2)CC1)c1ccncc1. The largest absolute Gasteiger partial charge is 0.367 e. The minimum Gasteiger partial charge on any atom is -0.367 e. The molecule has 2 heterocycles. The summed E-state index contributed by atoms with van der Waals surface area (Å²) in [7, 11) is 0. The van der Waals surface area contributed by atoms with Crippen LogP contribution < -0.4 is 10.2 Å². The third kappa shape index (κ3) is 5.88. The molecule has 1 amide bonds. The van der Waals surface area contributed by atoms with Gasteiger partial charge in [0.2, 0.25) is 0 Å². The number of rotatable bonds is 6. The predicted molar refractivity (Wildman–Crippen MR) is 133 cm³/mol. The highest BCUT2D eigenvalue weighted by atomic mass is 35.5. The Bertz CT molecular complexity index is 1080. The molecule has 0 saturated carbocycles. The van der Waals surface area contributed by atoms with E-state index >= 15 is 0 Å². The maximum Gasteiger partial charge on any atom is 0.255 e. The number of benzene rings is 2. The smallest absolute Gasteiger partial charge is 0.255 e. The standard InChI is InChI=1S/C25H24Cl2N4O/c26-21-5-3-19(4-6-21)2-1-13-30-14-16-31(17-15-30)24-18-22(27)7-8-23(24)29-25(32)20-9-11-28-12-10-20/h1-12,18H,13-17H2,(H,29,32)/b2-1+. The average Bonchev–Trinajstić information content (AvgIpc) is 2.82. The topological polar surface area (TPSA) is 48.5 Å². The van der Waals surface area contributed by atoms with Crippen LogP contribution in [0.3, 0.4) is 0 Å². The van der Waals surface area contributed by atoms with Crippen LogP contribution in [0.1, 0.15) is 15.9 Å². The van der Waals surface area contributed by atoms with E-state index < -0.39 is 0 Å². The van der Waals surface area contributed by atoms with Crippen molar-refractivity contribution in [2.75, 3.05) is 42.9 Å². The van der Waals surface area contributed by atoms with Crippen LogP contribution in [-0.2, 0) is 0 Å². The summed E-state index contributed by atoms with van der Waals surface area (Å²) < 4.78 is 0. The van der Waals surface area contributed by atoms with Gasteiger partial charge in [0.1, 0.15) is 0 Å². The Morgan fingerprint density at radius 3 is 2.34 bits per heavy atom. The Kier molecular flexibility index (Phi) is 7.43. The molecule has 3 aromatic rings. The lowest BCUT2D eigenvalue weighted by Gasteiger charge is -2.36. The number of pyridine rings is 1. The maximum atomic E-state index is 12.6. The molecule has 0 radical (unpaired) electrons. The van der Waals surface area contributed by atoms with E-state index in [4.69, 9.17) is 23.2 Å². The number of carbonyl (C=O) groups excluding carboxylic acids is 1. The van der Waals surface area contributed by atoms with Gasteiger partial charge in [-0.2, -0.15) is 0 Å². The van der Waals surface area contributed by atoms with Crippen molar-refractivity contribution in [3.05, 3.63) is 94.2 Å². The Labute approximate surface area is 198 Å². The van der Waals surface area contributed by atoms with Gasteiger partial charge < -0.3 is 10.2 Å². The number of carbonyl (C=O) groups is 1. The Morgan fingerprint density at radius 1 is 0.938 bits per heavy atom. The van der Waals surface area contributed by atoms with Crippen molar-refractivity contribution in [3.8, 4) is 0 Å². The Balaban J connectivity index is 1.37. The first-order valence-electron chi connectivity index (χ1n) is 10.5. The monoisotopic (exact) mass is 466 g/mol. The van der Waals surface area contributed by atoms with Crippen molar-refractivity contribution in [2.24, 2.45) is 0 Å². The number of aromatic nitrogens is 1. The van der Waals surface area contributed by atoms with Gasteiger partial charge >= 0.3 is 0 Å². The van der Waals surface area contributed by atoms with E-state index in [-0.39, 0.29) is 5.91 Å². The summed E-state index contributed by atoms with van der Waals surface area (Å²) in [5, 5.41) is 4.41. The van der Waals surface area contributed by atoms with Crippen molar-refractivity contribution in [2.45, 2.75) is 0 Å². The van der Waals surface area contributed by atoms with Crippen molar-refractivity contribution < 1.29 is 4.79 Å². The van der Waals surface area contributed by atoms with Gasteiger partial charge in [-0.15, -0.1) is 0 Å². The fourth-order valence-electron chi connectivity index (χ4n) is 3.65. The normalized spacial score (nSPS) is 14.6. The van der Waals surface area contributed by atoms with Crippen LogP contribution in [0.15, 0.2) is 73.1 Å². The third-order valence-electron chi connectivity index (χ3n) is 5.41. The molecule has 7 heteroatoms. The fourth-order valence-corrected chi connectivity index (χ4v) is 3.95. The molecule has 0 bridgehead atoms. The fraction of sp³-hybridized carbons (Fsp3) is 0.200. The predicted octanol–water partition coefficient (Wildman–Crippen LogP) is 5.48. The van der Waals surface area contributed by atoms with Crippen LogP contribution in [0.25, 0.3) is 6.08 Å². The molecule has 0 atom stereocenters. The molecule has 1 N–H and O–H groups in total. The molecule has 1 aliphatic heterocycles. The summed E-state index contributed by atoms with van der Waals surface area (Å²) in [5.74, 6) is -0.165. The molecule has 164 valence electrons. The van der Waals surface area contributed by atoms with Gasteiger partial charge in [-0.3, -0.25) is 14.7 Å². The third-order valence-corrected chi connectivity index (χ3v) is 5.89. The van der Waals surface area contributed by atoms with Gasteiger partial charge in [-0.25, -0.2) is 0 Å². The van der Waals surface area contributed by atoms with Gasteiger partial charge in [-0.1, -0.05) is 47.5 Å². The molecular formula is C25H24Cl2N4O. The Morgan fingerprint density at radius 2 is 1.62 bits per heavy atom. The molecule has 0 aliphatic carbocycles. The number of anilines is 2. The van der Waals surface area contributed by atoms with E-state index in [9.17, 15) is 4.79 Å². The van der Waals surface area contributed by atoms with Gasteiger partial charge in [0.25, 0.3) is 5.91 Å². The summed E-state index contributed by atoms with van der Waals surface area (Å²) >= 11 is 12.2. The molecule has 1 aromatic heterocycles. The van der Waals surface area contributed by atoms with E-state index in [0.29, 0.717) is 10.6 Å². The first kappa shape index (κ1) is 22.3. The van der Waals surface area contributed by atoms with E-state index in [0.717, 1.165) is 54.7 Å². The van der Waals surface area contributed by atoms with Crippen LogP contribution in [0, 0.1) is 0 Å². The summed E-state index contributed by atoms with van der Waals surface area (Å²) in [4.78, 5) is 21.3. The number of halogens is 2. The first-order chi connectivity index (χ1) is 15.6. The quantitative estimate of drug-likeness (QED) is 0.522. The number of amides is 1. The second-order valence-corrected chi connectivity index (χ2v) is 8.47. The van der Waals surface area contributed by atoms with E-state index in [1.807, 2.05) is 36.4 Å². The summed E-state index contributed by atoms with van der Waals surface area (Å²) in [6, 6.07) is 16.8. The second kappa shape index (κ2) is 10.6. The lowest BCUT2D eigenvalue weighted by atomic mass is 10.2. The summed E-state index contributed by atoms with van der Waals surface area (Å²) in [6.07, 6.45) is 7.52. The average molecular weight is 467 g/mol. The molecule has 2 aromatic carbocycles. The lowest BCUT2D eigenvalue weighted by Crippen LogP contribution is -2.46. The number of hydrogen-bond donors (Lipinski definition) is 1. The maximum absolute atomic E-state index is 12.6. The number of nitrogens with one attached hydrogen (secondary N) is 1. The molecule has 32 heavy (non-hydrogen) atoms. The van der Waals surface area contributed by atoms with Crippen molar-refractivity contribution >= 4 is 46.6 Å². The zero-order chi connectivity index (χ0) is 22.3. The van der Waals surface area contributed by atoms with Crippen molar-refractivity contribution in [3.63, 3.8) is 0 Å². The summed E-state index contributed by atoms with van der Waals surface area (Å²) in [6.45, 7) is 4.45. The van der Waals surface area contributed by atoms with Gasteiger partial charge in [0, 0.05) is 60.7 Å². The highest BCUT2D eigenvalue weighted by Gasteiger charge is 2.20. The van der Waals surface area contributed by atoms with Crippen molar-refractivity contribution in [1.82, 2.24) is 9.88 Å². The van der Waals surface area contributed by atoms with Crippen LogP contribution in [-0.4, -0.2) is 48.5 Å². The van der Waals surface area contributed by atoms with Crippen LogP contribution in [0.5, 0.6) is 0 Å². The Hall–Kier alpha value is -2.86. The van der Waals surface area contributed by atoms with E-state index in [1.165, 1.54) is 0 Å². The molecule has 0 spiro atoms. The lowest BCUT2D eigenvalue weighted by molar-refractivity contribution is 0.102. The molecule has 4 rings (SSSR count). The molecule has 5 nitrogen and oxygen atoms in total. The number of piperazine rings is 1. The molecular weight excluding hydrogens is 443 g/mol. The number of hydrogen-bond acceptors (Lipinski definition) is 4. The minimum absolute atomic E-state index is 0.165. The zero-order valence-electron chi connectivity index (χ0n) is 17.5. The zero-order valence-corrected chi connectivity index (χ0v) is 19.1. The molecule has 1 fully saturated rings. The van der Waals surface area contributed by atoms with E-state index in [1.54, 1.807) is 30.6 Å². The van der Waals surface area contributed by atoms with Gasteiger partial charge in [-0.05, 0) is 48.0 Å². The first-order valence-corrected chi connectivity index (χ1v) is 11.2. The molecule has 1 aliphatic rings. The summed E-state index contributed by atoms with van der Waals surface area (Å²) in [5.41, 5.74) is 3.41. The van der Waals surface area contributed by atoms with Crippen molar-refractivity contribution in [1.29, 1.82) is 0 Å². The number of nitrogens with zero attached hydrogens (tertiary/aromatic N) is 3. The highest BCUT2D eigenvalue weighted by Crippen LogP contribution is 2.30. The van der Waals surface area contributed by atoms with E-state index in [2.05, 4.69) is 32.3 Å². The molecule has 1 saturated heterocycles. The van der Waals surface area contributed by atoms with Gasteiger partial charge in [0.05, 0.1) is 11.4 Å². The molecule has 0 unspecified atom stereocenters.